The van der Waals surface area contributed by atoms with Gasteiger partial charge in [-0.2, -0.15) is 0 Å². The van der Waals surface area contributed by atoms with E-state index in [1.165, 1.54) is 16.8 Å². The second-order valence-corrected chi connectivity index (χ2v) is 6.61. The normalized spacial score (nSPS) is 20.9. The smallest absolute Gasteiger partial charge is 0.245 e. The van der Waals surface area contributed by atoms with Crippen molar-refractivity contribution in [2.24, 2.45) is 0 Å². The van der Waals surface area contributed by atoms with E-state index in [4.69, 9.17) is 0 Å². The van der Waals surface area contributed by atoms with E-state index < -0.39 is 6.04 Å². The lowest BCUT2D eigenvalue weighted by Gasteiger charge is -2.30. The van der Waals surface area contributed by atoms with E-state index in [1.54, 1.807) is 19.1 Å². The van der Waals surface area contributed by atoms with Gasteiger partial charge in [0.15, 0.2) is 0 Å². The fourth-order valence-corrected chi connectivity index (χ4v) is 3.26. The molecule has 0 saturated carbocycles. The number of tetrazole rings is 1. The predicted molar refractivity (Wildman–Crippen MR) is 97.6 cm³/mol. The molecular weight excluding hydrogens is 359 g/mol. The van der Waals surface area contributed by atoms with Crippen molar-refractivity contribution < 1.29 is 9.18 Å². The SMILES string of the molecule is Cc1nnnn1C(Cc1cccc(F)c1)C(=O)NC1CCNC(C)C1.Cl. The van der Waals surface area contributed by atoms with Crippen molar-refractivity contribution >= 4 is 18.3 Å². The molecular formula is C17H24ClFN6O. The van der Waals surface area contributed by atoms with Crippen LogP contribution in [-0.2, 0) is 11.2 Å². The molecule has 9 heteroatoms. The number of benzene rings is 1. The standard InChI is InChI=1S/C17H23FN6O.ClH/c1-11-8-15(6-7-19-11)20-17(25)16(24-12(2)21-22-23-24)10-13-4-3-5-14(18)9-13;/h3-5,9,11,15-16,19H,6-8,10H2,1-2H3,(H,20,25);1H. The summed E-state index contributed by atoms with van der Waals surface area (Å²) in [6.07, 6.45) is 2.10. The van der Waals surface area contributed by atoms with Crippen LogP contribution in [0.3, 0.4) is 0 Å². The maximum Gasteiger partial charge on any atom is 0.245 e. The lowest BCUT2D eigenvalue weighted by molar-refractivity contribution is -0.125. The molecule has 1 aliphatic rings. The zero-order chi connectivity index (χ0) is 17.8. The molecule has 0 radical (unpaired) electrons. The summed E-state index contributed by atoms with van der Waals surface area (Å²) in [5, 5.41) is 17.9. The number of carbonyl (C=O) groups excluding carboxylic acids is 1. The van der Waals surface area contributed by atoms with Crippen LogP contribution in [0.5, 0.6) is 0 Å². The summed E-state index contributed by atoms with van der Waals surface area (Å²) in [6, 6.07) is 6.15. The number of aromatic nitrogens is 4. The Morgan fingerprint density at radius 2 is 2.31 bits per heavy atom. The third kappa shape index (κ3) is 4.98. The number of hydrogen-bond acceptors (Lipinski definition) is 5. The van der Waals surface area contributed by atoms with E-state index in [0.29, 0.717) is 18.3 Å². The van der Waals surface area contributed by atoms with Gasteiger partial charge in [0.05, 0.1) is 0 Å². The minimum Gasteiger partial charge on any atom is -0.351 e. The first-order valence-electron chi connectivity index (χ1n) is 8.55. The molecule has 0 spiro atoms. The molecule has 3 rings (SSSR count). The molecule has 2 heterocycles. The van der Waals surface area contributed by atoms with Gasteiger partial charge < -0.3 is 10.6 Å². The molecule has 1 aromatic heterocycles. The molecule has 0 aliphatic carbocycles. The fraction of sp³-hybridized carbons (Fsp3) is 0.529. The van der Waals surface area contributed by atoms with Crippen LogP contribution in [0.4, 0.5) is 4.39 Å². The van der Waals surface area contributed by atoms with E-state index in [0.717, 1.165) is 24.9 Å². The second kappa shape index (κ2) is 9.05. The lowest BCUT2D eigenvalue weighted by atomic mass is 9.99. The third-order valence-corrected chi connectivity index (χ3v) is 4.54. The number of aryl methyl sites for hydroxylation is 1. The van der Waals surface area contributed by atoms with Crippen LogP contribution in [-0.4, -0.2) is 44.7 Å². The highest BCUT2D eigenvalue weighted by Crippen LogP contribution is 2.17. The Morgan fingerprint density at radius 3 is 2.96 bits per heavy atom. The van der Waals surface area contributed by atoms with Crippen molar-refractivity contribution in [1.29, 1.82) is 0 Å². The van der Waals surface area contributed by atoms with Gasteiger partial charge in [-0.15, -0.1) is 17.5 Å². The van der Waals surface area contributed by atoms with Crippen LogP contribution in [0, 0.1) is 12.7 Å². The largest absolute Gasteiger partial charge is 0.351 e. The highest BCUT2D eigenvalue weighted by atomic mass is 35.5. The molecule has 1 saturated heterocycles. The molecule has 1 amide bonds. The predicted octanol–water partition coefficient (Wildman–Crippen LogP) is 1.58. The third-order valence-electron chi connectivity index (χ3n) is 4.54. The zero-order valence-electron chi connectivity index (χ0n) is 14.9. The van der Waals surface area contributed by atoms with E-state index >= 15 is 0 Å². The number of halogens is 2. The molecule has 2 N–H and O–H groups in total. The number of nitrogens with one attached hydrogen (secondary N) is 2. The average Bonchev–Trinajstić information content (AvgIpc) is 2.98. The van der Waals surface area contributed by atoms with Crippen LogP contribution in [0.25, 0.3) is 0 Å². The zero-order valence-corrected chi connectivity index (χ0v) is 15.7. The van der Waals surface area contributed by atoms with Crippen molar-refractivity contribution in [3.8, 4) is 0 Å². The Hall–Kier alpha value is -2.06. The molecule has 1 aromatic carbocycles. The highest BCUT2D eigenvalue weighted by molar-refractivity contribution is 5.85. The molecule has 26 heavy (non-hydrogen) atoms. The van der Waals surface area contributed by atoms with Crippen molar-refractivity contribution in [3.05, 3.63) is 41.5 Å². The fourth-order valence-electron chi connectivity index (χ4n) is 3.26. The number of amides is 1. The maximum absolute atomic E-state index is 13.5. The number of rotatable bonds is 5. The number of carbonyl (C=O) groups is 1. The van der Waals surface area contributed by atoms with Gasteiger partial charge >= 0.3 is 0 Å². The Kier molecular flexibility index (Phi) is 7.05. The van der Waals surface area contributed by atoms with E-state index in [9.17, 15) is 9.18 Å². The van der Waals surface area contributed by atoms with Gasteiger partial charge in [-0.05, 0) is 61.4 Å². The van der Waals surface area contributed by atoms with Gasteiger partial charge in [0.2, 0.25) is 5.91 Å². The van der Waals surface area contributed by atoms with Crippen LogP contribution in [0.15, 0.2) is 24.3 Å². The van der Waals surface area contributed by atoms with Crippen molar-refractivity contribution in [1.82, 2.24) is 30.8 Å². The van der Waals surface area contributed by atoms with Gasteiger partial charge in [-0.1, -0.05) is 12.1 Å². The van der Waals surface area contributed by atoms with E-state index in [-0.39, 0.29) is 30.2 Å². The molecule has 0 bridgehead atoms. The summed E-state index contributed by atoms with van der Waals surface area (Å²) in [5.41, 5.74) is 0.730. The number of piperidine rings is 1. The van der Waals surface area contributed by atoms with Gasteiger partial charge in [0.25, 0.3) is 0 Å². The average molecular weight is 383 g/mol. The van der Waals surface area contributed by atoms with Crippen molar-refractivity contribution in [2.75, 3.05) is 6.54 Å². The summed E-state index contributed by atoms with van der Waals surface area (Å²) in [7, 11) is 0. The van der Waals surface area contributed by atoms with Crippen LogP contribution in [0.1, 0.15) is 37.2 Å². The Bertz CT molecular complexity index is 740. The summed E-state index contributed by atoms with van der Waals surface area (Å²) in [4.78, 5) is 12.9. The summed E-state index contributed by atoms with van der Waals surface area (Å²) < 4.78 is 15.0. The molecule has 2 aromatic rings. The molecule has 3 unspecified atom stereocenters. The van der Waals surface area contributed by atoms with Crippen LogP contribution in [0.2, 0.25) is 0 Å². The summed E-state index contributed by atoms with van der Waals surface area (Å²) >= 11 is 0. The molecule has 142 valence electrons. The first-order chi connectivity index (χ1) is 12.0. The summed E-state index contributed by atoms with van der Waals surface area (Å²) in [6.45, 7) is 4.73. The van der Waals surface area contributed by atoms with Crippen LogP contribution < -0.4 is 10.6 Å². The minimum atomic E-state index is -0.609. The van der Waals surface area contributed by atoms with E-state index in [1.807, 2.05) is 0 Å². The summed E-state index contributed by atoms with van der Waals surface area (Å²) in [5.74, 6) is 0.0891. The van der Waals surface area contributed by atoms with Gasteiger partial charge in [0, 0.05) is 18.5 Å². The van der Waals surface area contributed by atoms with Crippen molar-refractivity contribution in [2.45, 2.75) is 51.2 Å². The topological polar surface area (TPSA) is 84.7 Å². The number of nitrogens with zero attached hydrogens (tertiary/aromatic N) is 4. The monoisotopic (exact) mass is 382 g/mol. The molecule has 3 atom stereocenters. The van der Waals surface area contributed by atoms with Gasteiger partial charge in [-0.25, -0.2) is 9.07 Å². The molecule has 1 aliphatic heterocycles. The molecule has 1 fully saturated rings. The minimum absolute atomic E-state index is 0. The quantitative estimate of drug-likeness (QED) is 0.820. The Morgan fingerprint density at radius 1 is 1.50 bits per heavy atom. The second-order valence-electron chi connectivity index (χ2n) is 6.61. The lowest BCUT2D eigenvalue weighted by Crippen LogP contribution is -2.48. The Balaban J connectivity index is 0.00000243. The molecule has 7 nitrogen and oxygen atoms in total. The first kappa shape index (κ1) is 20.3. The highest BCUT2D eigenvalue weighted by Gasteiger charge is 2.28. The van der Waals surface area contributed by atoms with Crippen molar-refractivity contribution in [3.63, 3.8) is 0 Å². The van der Waals surface area contributed by atoms with Gasteiger partial charge in [-0.3, -0.25) is 4.79 Å². The number of hydrogen-bond donors (Lipinski definition) is 2. The Labute approximate surface area is 158 Å². The van der Waals surface area contributed by atoms with E-state index in [2.05, 4.69) is 33.1 Å². The van der Waals surface area contributed by atoms with Gasteiger partial charge in [0.1, 0.15) is 17.7 Å². The maximum atomic E-state index is 13.5. The first-order valence-corrected chi connectivity index (χ1v) is 8.55. The van der Waals surface area contributed by atoms with Crippen LogP contribution >= 0.6 is 12.4 Å².